The van der Waals surface area contributed by atoms with Crippen molar-refractivity contribution in [2.45, 2.75) is 18.4 Å². The highest BCUT2D eigenvalue weighted by Gasteiger charge is 2.26. The van der Waals surface area contributed by atoms with Crippen LogP contribution in [0.15, 0.2) is 51.8 Å². The summed E-state index contributed by atoms with van der Waals surface area (Å²) in [6, 6.07) is 9.64. The zero-order chi connectivity index (χ0) is 19.3. The minimum Gasteiger partial charge on any atom is -0.462 e. The summed E-state index contributed by atoms with van der Waals surface area (Å²) in [7, 11) is -4.24. The van der Waals surface area contributed by atoms with Gasteiger partial charge in [0.2, 0.25) is 6.54 Å². The van der Waals surface area contributed by atoms with E-state index in [4.69, 9.17) is 8.92 Å². The van der Waals surface area contributed by atoms with Crippen LogP contribution in [-0.4, -0.2) is 25.9 Å². The summed E-state index contributed by atoms with van der Waals surface area (Å²) in [5.74, 6) is -1.23. The van der Waals surface area contributed by atoms with E-state index >= 15 is 0 Å². The average molecular weight is 444 g/mol. The van der Waals surface area contributed by atoms with Crippen molar-refractivity contribution < 1.29 is 27.1 Å². The minimum absolute atomic E-state index is 0.00282. The van der Waals surface area contributed by atoms with Crippen LogP contribution in [0.4, 0.5) is 0 Å². The van der Waals surface area contributed by atoms with E-state index in [1.54, 1.807) is 6.92 Å². The van der Waals surface area contributed by atoms with Crippen molar-refractivity contribution in [2.75, 3.05) is 6.61 Å². The van der Waals surface area contributed by atoms with Crippen molar-refractivity contribution in [3.8, 4) is 5.75 Å². The van der Waals surface area contributed by atoms with Crippen LogP contribution in [-0.2, 0) is 21.4 Å². The van der Waals surface area contributed by atoms with Gasteiger partial charge in [-0.25, -0.2) is 4.79 Å². The number of rotatable bonds is 7. The predicted octanol–water partition coefficient (Wildman–Crippen LogP) is 3.17. The van der Waals surface area contributed by atoms with E-state index in [9.17, 15) is 23.3 Å². The van der Waals surface area contributed by atoms with Gasteiger partial charge in [0, 0.05) is 15.0 Å². The molecule has 0 N–H and O–H groups in total. The van der Waals surface area contributed by atoms with E-state index in [0.29, 0.717) is 4.47 Å². The molecule has 0 spiro atoms. The molecule has 26 heavy (non-hydrogen) atoms. The van der Waals surface area contributed by atoms with Crippen molar-refractivity contribution in [3.05, 3.63) is 68.2 Å². The molecule has 0 heterocycles. The lowest BCUT2D eigenvalue weighted by atomic mass is 10.1. The van der Waals surface area contributed by atoms with E-state index in [1.165, 1.54) is 42.5 Å². The summed E-state index contributed by atoms with van der Waals surface area (Å²) in [5.41, 5.74) is -0.288. The van der Waals surface area contributed by atoms with Crippen LogP contribution in [0.5, 0.6) is 5.75 Å². The second-order valence-electron chi connectivity index (χ2n) is 4.99. The highest BCUT2D eigenvalue weighted by Crippen LogP contribution is 2.28. The second-order valence-corrected chi connectivity index (χ2v) is 7.45. The number of carbonyl (C=O) groups excluding carboxylic acids is 1. The number of ether oxygens (including phenoxy) is 1. The maximum absolute atomic E-state index is 12.5. The lowest BCUT2D eigenvalue weighted by molar-refractivity contribution is -0.496. The lowest BCUT2D eigenvalue weighted by Crippen LogP contribution is -2.16. The topological polar surface area (TPSA) is 113 Å². The quantitative estimate of drug-likeness (QED) is 0.279. The standard InChI is InChI=1S/C16H14BrNO7S/c1-2-24-16(19)15-11(10-18(20)21)4-3-5-14(15)25-26(22,23)13-8-6-12(17)7-9-13/h3-9H,2,10H2,1H3. The number of benzene rings is 2. The Kier molecular flexibility index (Phi) is 6.32. The van der Waals surface area contributed by atoms with Gasteiger partial charge in [-0.1, -0.05) is 28.1 Å². The number of nitrogens with zero attached hydrogens (tertiary/aromatic N) is 1. The first-order chi connectivity index (χ1) is 12.2. The molecule has 138 valence electrons. The molecule has 8 nitrogen and oxygen atoms in total. The third-order valence-corrected chi connectivity index (χ3v) is 4.97. The first kappa shape index (κ1) is 19.9. The van der Waals surface area contributed by atoms with Gasteiger partial charge >= 0.3 is 16.1 Å². The third kappa shape index (κ3) is 4.79. The van der Waals surface area contributed by atoms with Crippen LogP contribution in [0.25, 0.3) is 0 Å². The van der Waals surface area contributed by atoms with Crippen molar-refractivity contribution in [1.82, 2.24) is 0 Å². The third-order valence-electron chi connectivity index (χ3n) is 3.19. The molecule has 0 aliphatic carbocycles. The Morgan fingerprint density at radius 3 is 2.42 bits per heavy atom. The maximum atomic E-state index is 12.5. The molecule has 2 rings (SSSR count). The molecule has 2 aromatic carbocycles. The van der Waals surface area contributed by atoms with E-state index < -0.39 is 27.6 Å². The van der Waals surface area contributed by atoms with E-state index in [0.717, 1.165) is 0 Å². The smallest absolute Gasteiger partial charge is 0.342 e. The van der Waals surface area contributed by atoms with E-state index in [1.807, 2.05) is 0 Å². The maximum Gasteiger partial charge on any atom is 0.342 e. The fourth-order valence-electron chi connectivity index (χ4n) is 2.12. The zero-order valence-electron chi connectivity index (χ0n) is 13.5. The van der Waals surface area contributed by atoms with Gasteiger partial charge in [0.1, 0.15) is 10.5 Å². The summed E-state index contributed by atoms with van der Waals surface area (Å²) >= 11 is 3.20. The Labute approximate surface area is 158 Å². The van der Waals surface area contributed by atoms with Gasteiger partial charge < -0.3 is 8.92 Å². The molecule has 0 saturated carbocycles. The van der Waals surface area contributed by atoms with Gasteiger partial charge in [-0.15, -0.1) is 0 Å². The van der Waals surface area contributed by atoms with Gasteiger partial charge in [0.05, 0.1) is 6.61 Å². The number of carbonyl (C=O) groups is 1. The minimum atomic E-state index is -4.24. The molecule has 0 atom stereocenters. The van der Waals surface area contributed by atoms with Crippen LogP contribution in [0.3, 0.4) is 0 Å². The molecular formula is C16H14BrNO7S. The molecule has 10 heteroatoms. The fraction of sp³-hybridized carbons (Fsp3) is 0.188. The normalized spacial score (nSPS) is 11.0. The van der Waals surface area contributed by atoms with Crippen molar-refractivity contribution in [2.24, 2.45) is 0 Å². The molecule has 0 amide bonds. The number of nitro groups is 1. The summed E-state index contributed by atoms with van der Waals surface area (Å²) < 4.78 is 35.6. The van der Waals surface area contributed by atoms with Gasteiger partial charge in [-0.3, -0.25) is 10.1 Å². The number of hydrogen-bond donors (Lipinski definition) is 0. The van der Waals surface area contributed by atoms with Crippen molar-refractivity contribution in [3.63, 3.8) is 0 Å². The summed E-state index contributed by atoms with van der Waals surface area (Å²) in [4.78, 5) is 22.3. The van der Waals surface area contributed by atoms with Gasteiger partial charge in [0.15, 0.2) is 5.75 Å². The van der Waals surface area contributed by atoms with Crippen LogP contribution in [0.1, 0.15) is 22.8 Å². The van der Waals surface area contributed by atoms with Crippen LogP contribution in [0, 0.1) is 10.1 Å². The van der Waals surface area contributed by atoms with E-state index in [2.05, 4.69) is 15.9 Å². The molecule has 0 aliphatic rings. The highest BCUT2D eigenvalue weighted by molar-refractivity contribution is 9.10. The van der Waals surface area contributed by atoms with Gasteiger partial charge in [-0.05, 0) is 37.3 Å². The van der Waals surface area contributed by atoms with Crippen molar-refractivity contribution in [1.29, 1.82) is 0 Å². The fourth-order valence-corrected chi connectivity index (χ4v) is 3.32. The second kappa shape index (κ2) is 8.28. The molecule has 0 bridgehead atoms. The average Bonchev–Trinajstić information content (AvgIpc) is 2.54. The highest BCUT2D eigenvalue weighted by atomic mass is 79.9. The molecule has 0 fully saturated rings. The van der Waals surface area contributed by atoms with Crippen molar-refractivity contribution >= 4 is 32.0 Å². The molecule has 0 unspecified atom stereocenters. The first-order valence-electron chi connectivity index (χ1n) is 7.35. The number of hydrogen-bond acceptors (Lipinski definition) is 7. The molecule has 0 aromatic heterocycles. The summed E-state index contributed by atoms with van der Waals surface area (Å²) in [5, 5.41) is 10.8. The van der Waals surface area contributed by atoms with E-state index in [-0.39, 0.29) is 28.4 Å². The molecular weight excluding hydrogens is 430 g/mol. The number of esters is 1. The Bertz CT molecular complexity index is 926. The Morgan fingerprint density at radius 2 is 1.85 bits per heavy atom. The summed E-state index contributed by atoms with van der Waals surface area (Å²) in [6.45, 7) is 0.904. The predicted molar refractivity (Wildman–Crippen MR) is 95.1 cm³/mol. The molecule has 0 radical (unpaired) electrons. The summed E-state index contributed by atoms with van der Waals surface area (Å²) in [6.07, 6.45) is 0. The first-order valence-corrected chi connectivity index (χ1v) is 9.55. The molecule has 0 aliphatic heterocycles. The van der Waals surface area contributed by atoms with Crippen LogP contribution >= 0.6 is 15.9 Å². The molecule has 0 saturated heterocycles. The molecule has 2 aromatic rings. The number of halogens is 1. The monoisotopic (exact) mass is 443 g/mol. The van der Waals surface area contributed by atoms with Gasteiger partial charge in [-0.2, -0.15) is 8.42 Å². The Morgan fingerprint density at radius 1 is 1.19 bits per heavy atom. The van der Waals surface area contributed by atoms with Crippen LogP contribution < -0.4 is 4.18 Å². The zero-order valence-corrected chi connectivity index (χ0v) is 15.9. The Hall–Kier alpha value is -2.46. The SMILES string of the molecule is CCOC(=O)c1c(C[N+](=O)[O-])cccc1OS(=O)(=O)c1ccc(Br)cc1. The van der Waals surface area contributed by atoms with Gasteiger partial charge in [0.25, 0.3) is 0 Å². The van der Waals surface area contributed by atoms with Crippen LogP contribution in [0.2, 0.25) is 0 Å². The Balaban J connectivity index is 2.49. The largest absolute Gasteiger partial charge is 0.462 e. The lowest BCUT2D eigenvalue weighted by Gasteiger charge is -2.13.